The monoisotopic (exact) mass is 357 g/mol. The van der Waals surface area contributed by atoms with E-state index in [4.69, 9.17) is 0 Å². The number of imidazole rings is 1. The van der Waals surface area contributed by atoms with Gasteiger partial charge >= 0.3 is 5.69 Å². The van der Waals surface area contributed by atoms with Crippen molar-refractivity contribution in [3.8, 4) is 16.9 Å². The Balaban J connectivity index is 1.38. The minimum Gasteiger partial charge on any atom is -0.339 e. The number of aromatic nitrogens is 6. The van der Waals surface area contributed by atoms with E-state index in [1.807, 2.05) is 65.5 Å². The average Bonchev–Trinajstić information content (AvgIpc) is 3.42. The Kier molecular flexibility index (Phi) is 3.39. The van der Waals surface area contributed by atoms with Gasteiger partial charge in [-0.1, -0.05) is 12.1 Å². The van der Waals surface area contributed by atoms with E-state index >= 15 is 0 Å². The smallest absolute Gasteiger partial charge is 0.323 e. The molecular weight excluding hydrogens is 342 g/mol. The molecule has 8 heteroatoms. The van der Waals surface area contributed by atoms with E-state index in [1.54, 1.807) is 6.20 Å². The molecule has 0 bridgehead atoms. The molecule has 0 atom stereocenters. The van der Waals surface area contributed by atoms with Crippen LogP contribution in [0.5, 0.6) is 0 Å². The van der Waals surface area contributed by atoms with Crippen LogP contribution in [-0.4, -0.2) is 29.9 Å². The first-order chi connectivity index (χ1) is 13.2. The third kappa shape index (κ3) is 2.89. The molecule has 0 radical (unpaired) electrons. The predicted molar refractivity (Wildman–Crippen MR) is 103 cm³/mol. The van der Waals surface area contributed by atoms with Crippen LogP contribution >= 0.6 is 0 Å². The number of hydrogen-bond donors (Lipinski definition) is 4. The van der Waals surface area contributed by atoms with Gasteiger partial charge in [0.25, 0.3) is 0 Å². The molecule has 0 aliphatic carbocycles. The van der Waals surface area contributed by atoms with Crippen LogP contribution in [0.1, 0.15) is 0 Å². The summed E-state index contributed by atoms with van der Waals surface area (Å²) in [6, 6.07) is 17.5. The Hall–Kier alpha value is -4.07. The van der Waals surface area contributed by atoms with E-state index in [9.17, 15) is 4.79 Å². The molecule has 27 heavy (non-hydrogen) atoms. The summed E-state index contributed by atoms with van der Waals surface area (Å²) in [5.74, 6) is 0.693. The number of rotatable bonds is 4. The molecule has 3 heterocycles. The molecule has 0 amide bonds. The molecule has 0 unspecified atom stereocenters. The van der Waals surface area contributed by atoms with Crippen LogP contribution in [0.3, 0.4) is 0 Å². The van der Waals surface area contributed by atoms with Crippen molar-refractivity contribution < 1.29 is 0 Å². The number of anilines is 2. The fraction of sp³-hybridized carbons (Fsp3) is 0. The van der Waals surface area contributed by atoms with Crippen molar-refractivity contribution in [3.63, 3.8) is 0 Å². The highest BCUT2D eigenvalue weighted by molar-refractivity contribution is 5.80. The maximum absolute atomic E-state index is 11.4. The Labute approximate surface area is 152 Å². The predicted octanol–water partition coefficient (Wildman–Crippen LogP) is 3.18. The van der Waals surface area contributed by atoms with Crippen molar-refractivity contribution in [2.75, 3.05) is 5.32 Å². The summed E-state index contributed by atoms with van der Waals surface area (Å²) in [5, 5.41) is 14.8. The van der Waals surface area contributed by atoms with E-state index in [2.05, 4.69) is 30.6 Å². The highest BCUT2D eigenvalue weighted by Gasteiger charge is 2.06. The molecule has 0 saturated carbocycles. The second kappa shape index (κ2) is 6.03. The van der Waals surface area contributed by atoms with Crippen molar-refractivity contribution in [1.82, 2.24) is 29.9 Å². The summed E-state index contributed by atoms with van der Waals surface area (Å²) in [6.07, 6.45) is 3.66. The molecule has 0 fully saturated rings. The fourth-order valence-electron chi connectivity index (χ4n) is 3.01. The Morgan fingerprint density at radius 2 is 1.81 bits per heavy atom. The summed E-state index contributed by atoms with van der Waals surface area (Å²) >= 11 is 0. The van der Waals surface area contributed by atoms with E-state index in [-0.39, 0.29) is 5.69 Å². The zero-order valence-corrected chi connectivity index (χ0v) is 14.1. The molecule has 132 valence electrons. The van der Waals surface area contributed by atoms with Crippen LogP contribution in [0.25, 0.3) is 28.0 Å². The minimum absolute atomic E-state index is 0.220. The summed E-state index contributed by atoms with van der Waals surface area (Å²) in [5.41, 5.74) is 5.06. The van der Waals surface area contributed by atoms with Crippen molar-refractivity contribution in [2.24, 2.45) is 0 Å². The fourth-order valence-corrected chi connectivity index (χ4v) is 3.01. The molecule has 0 aliphatic rings. The van der Waals surface area contributed by atoms with Gasteiger partial charge in [-0.05, 0) is 42.0 Å². The van der Waals surface area contributed by atoms with E-state index < -0.39 is 0 Å². The number of aromatic amines is 3. The highest BCUT2D eigenvalue weighted by Crippen LogP contribution is 2.24. The first-order valence-corrected chi connectivity index (χ1v) is 8.39. The molecule has 4 N–H and O–H groups in total. The molecule has 0 spiro atoms. The summed E-state index contributed by atoms with van der Waals surface area (Å²) in [4.78, 5) is 16.8. The normalized spacial score (nSPS) is 11.1. The van der Waals surface area contributed by atoms with Gasteiger partial charge in [-0.15, -0.1) is 0 Å². The quantitative estimate of drug-likeness (QED) is 0.396. The summed E-state index contributed by atoms with van der Waals surface area (Å²) in [7, 11) is 0. The van der Waals surface area contributed by atoms with Crippen molar-refractivity contribution in [2.45, 2.75) is 0 Å². The number of benzene rings is 2. The van der Waals surface area contributed by atoms with Gasteiger partial charge in [0.15, 0.2) is 5.82 Å². The third-order valence-electron chi connectivity index (χ3n) is 4.31. The van der Waals surface area contributed by atoms with Crippen LogP contribution < -0.4 is 11.0 Å². The highest BCUT2D eigenvalue weighted by atomic mass is 16.1. The topological polar surface area (TPSA) is 107 Å². The van der Waals surface area contributed by atoms with Gasteiger partial charge in [-0.25, -0.2) is 9.48 Å². The molecule has 5 aromatic rings. The molecule has 2 aromatic carbocycles. The van der Waals surface area contributed by atoms with Gasteiger partial charge in [0.2, 0.25) is 0 Å². The molecular formula is C19H15N7O. The largest absolute Gasteiger partial charge is 0.339 e. The van der Waals surface area contributed by atoms with Crippen molar-refractivity contribution in [1.29, 1.82) is 0 Å². The number of fused-ring (bicyclic) bond motifs is 1. The third-order valence-corrected chi connectivity index (χ3v) is 4.31. The standard InChI is InChI=1S/C19H15N7O/c27-19-22-15-7-4-13(10-17(15)23-19)21-18-11-16(24-25-18)12-2-5-14(6-3-12)26-9-1-8-20-26/h1-11H,(H2,21,24,25)(H2,22,23,27). The van der Waals surface area contributed by atoms with E-state index in [0.717, 1.165) is 33.7 Å². The number of nitrogens with one attached hydrogen (secondary N) is 4. The minimum atomic E-state index is -0.220. The van der Waals surface area contributed by atoms with Gasteiger partial charge in [-0.2, -0.15) is 10.2 Å². The average molecular weight is 357 g/mol. The van der Waals surface area contributed by atoms with Crippen molar-refractivity contribution in [3.05, 3.63) is 77.5 Å². The number of hydrogen-bond acceptors (Lipinski definition) is 4. The van der Waals surface area contributed by atoms with Gasteiger partial charge < -0.3 is 15.3 Å². The first-order valence-electron chi connectivity index (χ1n) is 8.39. The second-order valence-electron chi connectivity index (χ2n) is 6.13. The molecule has 8 nitrogen and oxygen atoms in total. The zero-order chi connectivity index (χ0) is 18.2. The molecule has 3 aromatic heterocycles. The van der Waals surface area contributed by atoms with Gasteiger partial charge in [0.05, 0.1) is 22.4 Å². The maximum Gasteiger partial charge on any atom is 0.323 e. The summed E-state index contributed by atoms with van der Waals surface area (Å²) < 4.78 is 1.81. The Morgan fingerprint density at radius 1 is 0.963 bits per heavy atom. The lowest BCUT2D eigenvalue weighted by molar-refractivity contribution is 0.880. The maximum atomic E-state index is 11.4. The van der Waals surface area contributed by atoms with Crippen LogP contribution in [0, 0.1) is 0 Å². The Bertz CT molecular complexity index is 1260. The Morgan fingerprint density at radius 3 is 2.63 bits per heavy atom. The van der Waals surface area contributed by atoms with Gasteiger partial charge in [0.1, 0.15) is 0 Å². The number of nitrogens with zero attached hydrogens (tertiary/aromatic N) is 3. The van der Waals surface area contributed by atoms with Crippen LogP contribution in [-0.2, 0) is 0 Å². The van der Waals surface area contributed by atoms with Gasteiger partial charge in [0, 0.05) is 24.1 Å². The molecule has 5 rings (SSSR count). The number of H-pyrrole nitrogens is 3. The molecule has 0 saturated heterocycles. The lowest BCUT2D eigenvalue weighted by Crippen LogP contribution is -1.99. The molecule has 0 aliphatic heterocycles. The summed E-state index contributed by atoms with van der Waals surface area (Å²) in [6.45, 7) is 0. The second-order valence-corrected chi connectivity index (χ2v) is 6.13. The van der Waals surface area contributed by atoms with Gasteiger partial charge in [-0.3, -0.25) is 5.10 Å². The zero-order valence-electron chi connectivity index (χ0n) is 14.1. The van der Waals surface area contributed by atoms with Crippen molar-refractivity contribution >= 4 is 22.5 Å². The SMILES string of the molecule is O=c1[nH]c2ccc(Nc3cc(-c4ccc(-n5cccn5)cc4)[nH]n3)cc2[nH]1. The van der Waals surface area contributed by atoms with E-state index in [1.165, 1.54) is 0 Å². The first kappa shape index (κ1) is 15.2. The van der Waals surface area contributed by atoms with Crippen LogP contribution in [0.4, 0.5) is 11.5 Å². The van der Waals surface area contributed by atoms with E-state index in [0.29, 0.717) is 5.82 Å². The lowest BCUT2D eigenvalue weighted by atomic mass is 10.1. The van der Waals surface area contributed by atoms with Crippen LogP contribution in [0.15, 0.2) is 71.8 Å². The lowest BCUT2D eigenvalue weighted by Gasteiger charge is -2.03. The van der Waals surface area contributed by atoms with Crippen LogP contribution in [0.2, 0.25) is 0 Å².